The van der Waals surface area contributed by atoms with Crippen molar-refractivity contribution < 1.29 is 113 Å². The Morgan fingerprint density at radius 3 is 1.62 bits per heavy atom. The molecule has 23 nitrogen and oxygen atoms in total. The standard InChI is InChI=1S/C35H40O23/c1-50-17-3-12(4-18(51-2)26(17)43)33-19(56-35-32(49)30(47)28(45)21(58-35)11-53-25(42)9-23(39)40)7-14-15(36)5-13(6-16(14)55-33)54-34-31(48)29(46)27(44)20(57-34)10-52-24(41)8-22(37)38/h3-7,20-21,27-36,43-49H,8-11H2,1-2H3,(H,37,38)(H,39,40)/p+1. The lowest BCUT2D eigenvalue weighted by Gasteiger charge is -2.41. The van der Waals surface area contributed by atoms with Crippen molar-refractivity contribution in [3.05, 3.63) is 41.2 Å². The number of carbonyl (C=O) groups excluding carboxylic acids is 2. The van der Waals surface area contributed by atoms with E-state index in [0.717, 1.165) is 6.07 Å². The first-order valence-corrected chi connectivity index (χ1v) is 17.1. The van der Waals surface area contributed by atoms with Crippen molar-refractivity contribution in [3.8, 4) is 34.5 Å². The number of aliphatic hydroxyl groups excluding tert-OH is 6. The van der Waals surface area contributed by atoms with Gasteiger partial charge in [0.25, 0.3) is 11.9 Å². The first-order chi connectivity index (χ1) is 27.4. The number of carboxylic acid groups (broad SMARTS) is 2. The van der Waals surface area contributed by atoms with Gasteiger partial charge in [0.05, 0.1) is 25.8 Å². The number of carboxylic acids is 2. The fraction of sp³-hybridized carbons (Fsp3) is 0.486. The lowest BCUT2D eigenvalue weighted by Crippen LogP contribution is -2.60. The molecule has 0 aromatic heterocycles. The van der Waals surface area contributed by atoms with Crippen LogP contribution in [-0.2, 0) is 42.9 Å². The summed E-state index contributed by atoms with van der Waals surface area (Å²) in [6, 6.07) is 4.99. The highest BCUT2D eigenvalue weighted by molar-refractivity contribution is 5.90. The summed E-state index contributed by atoms with van der Waals surface area (Å²) >= 11 is 0. The van der Waals surface area contributed by atoms with Gasteiger partial charge >= 0.3 is 23.9 Å². The number of rotatable bonds is 15. The number of aliphatic carboxylic acids is 2. The molecule has 2 aromatic carbocycles. The molecule has 0 spiro atoms. The number of phenolic OH excluding ortho intramolecular Hbond substituents is 2. The lowest BCUT2D eigenvalue weighted by atomic mass is 9.98. The van der Waals surface area contributed by atoms with Crippen molar-refractivity contribution in [2.24, 2.45) is 0 Å². The van der Waals surface area contributed by atoms with Gasteiger partial charge in [-0.2, -0.15) is 0 Å². The minimum absolute atomic E-state index is 0.0211. The van der Waals surface area contributed by atoms with Crippen LogP contribution in [0, 0.1) is 0 Å². The summed E-state index contributed by atoms with van der Waals surface area (Å²) in [5.74, 6) is -6.86. The van der Waals surface area contributed by atoms with Crippen LogP contribution in [0.5, 0.6) is 34.5 Å². The van der Waals surface area contributed by atoms with E-state index in [1.165, 1.54) is 38.5 Å². The number of fused-ring (bicyclic) bond motifs is 1. The normalized spacial score (nSPS) is 29.1. The quantitative estimate of drug-likeness (QED) is 0.0504. The van der Waals surface area contributed by atoms with Crippen LogP contribution in [0.2, 0.25) is 0 Å². The molecule has 0 bridgehead atoms. The predicted octanol–water partition coefficient (Wildman–Crippen LogP) is -2.50. The Bertz CT molecular complexity index is 1850. The smallest absolute Gasteiger partial charge is 0.317 e. The van der Waals surface area contributed by atoms with Crippen molar-refractivity contribution >= 4 is 30.0 Å². The summed E-state index contributed by atoms with van der Waals surface area (Å²) in [6.07, 6.45) is -20.0. The molecule has 0 amide bonds. The number of phenols is 2. The molecular formula is C35H41O23+. The van der Waals surface area contributed by atoms with Gasteiger partial charge in [-0.1, -0.05) is 0 Å². The highest BCUT2D eigenvalue weighted by atomic mass is 16.7. The van der Waals surface area contributed by atoms with Gasteiger partial charge in [-0.25, -0.2) is 0 Å². The van der Waals surface area contributed by atoms with Gasteiger partial charge in [0.1, 0.15) is 91.9 Å². The van der Waals surface area contributed by atoms with Crippen molar-refractivity contribution in [2.45, 2.75) is 80.4 Å². The van der Waals surface area contributed by atoms with Crippen molar-refractivity contribution in [3.63, 3.8) is 0 Å². The second-order valence-electron chi connectivity index (χ2n) is 13.0. The largest absolute Gasteiger partial charge is 0.571 e. The van der Waals surface area contributed by atoms with Gasteiger partial charge in [-0.3, -0.25) is 19.2 Å². The third-order valence-electron chi connectivity index (χ3n) is 9.00. The third-order valence-corrected chi connectivity index (χ3v) is 9.00. The van der Waals surface area contributed by atoms with Gasteiger partial charge < -0.3 is 93.7 Å². The Labute approximate surface area is 326 Å². The Hall–Kier alpha value is -5.66. The average Bonchev–Trinajstić information content (AvgIpc) is 3.16. The SMILES string of the molecule is COc1cc(C2[OH+]c3cc(OC4OC(COC(=O)CC(=O)O)C(O)C(O)C4O)cc(O)c3C=C2OC2OC(COC(=O)CC(=O)O)C(O)C(O)C2O)cc(OC)c1O. The number of hydrogen-bond donors (Lipinski definition) is 10. The first kappa shape index (κ1) is 43.5. The number of carbonyl (C=O) groups is 4. The predicted molar refractivity (Wildman–Crippen MR) is 183 cm³/mol. The minimum Gasteiger partial charge on any atom is -0.571 e. The van der Waals surface area contributed by atoms with Gasteiger partial charge in [0.15, 0.2) is 17.3 Å². The van der Waals surface area contributed by atoms with E-state index in [9.17, 15) is 60.0 Å². The number of ether oxygens (including phenoxy) is 9. The van der Waals surface area contributed by atoms with E-state index in [2.05, 4.69) is 4.74 Å². The molecule has 3 aliphatic rings. The molecule has 3 aliphatic heterocycles. The summed E-state index contributed by atoms with van der Waals surface area (Å²) in [6.45, 7) is -1.49. The van der Waals surface area contributed by atoms with Crippen LogP contribution in [0.3, 0.4) is 0 Å². The molecule has 2 saturated heterocycles. The van der Waals surface area contributed by atoms with Crippen molar-refractivity contribution in [2.75, 3.05) is 27.4 Å². The van der Waals surface area contributed by atoms with Gasteiger partial charge in [-0.15, -0.1) is 0 Å². The number of aromatic hydroxyl groups is 3. The van der Waals surface area contributed by atoms with Gasteiger partial charge in [0.2, 0.25) is 18.3 Å². The summed E-state index contributed by atoms with van der Waals surface area (Å²) in [4.78, 5) is 45.3. The highest BCUT2D eigenvalue weighted by Gasteiger charge is 2.48. The number of hydrogen-bond acceptors (Lipinski definition) is 20. The molecule has 58 heavy (non-hydrogen) atoms. The fourth-order valence-electron chi connectivity index (χ4n) is 6.02. The number of benzene rings is 2. The molecule has 11 unspecified atom stereocenters. The van der Waals surface area contributed by atoms with Crippen LogP contribution in [0.25, 0.3) is 6.08 Å². The molecular weight excluding hydrogens is 788 g/mol. The Morgan fingerprint density at radius 1 is 0.672 bits per heavy atom. The minimum atomic E-state index is -1.95. The first-order valence-electron chi connectivity index (χ1n) is 17.1. The molecule has 318 valence electrons. The average molecular weight is 830 g/mol. The molecule has 0 radical (unpaired) electrons. The lowest BCUT2D eigenvalue weighted by molar-refractivity contribution is -0.296. The van der Waals surface area contributed by atoms with Crippen LogP contribution in [0.15, 0.2) is 30.0 Å². The highest BCUT2D eigenvalue weighted by Crippen LogP contribution is 2.48. The Kier molecular flexibility index (Phi) is 13.7. The molecule has 23 heteroatoms. The molecule has 5 rings (SSSR count). The molecule has 2 fully saturated rings. The number of aliphatic hydroxyl groups is 7. The van der Waals surface area contributed by atoms with E-state index in [1.807, 2.05) is 0 Å². The van der Waals surface area contributed by atoms with E-state index >= 15 is 0 Å². The zero-order valence-electron chi connectivity index (χ0n) is 30.4. The van der Waals surface area contributed by atoms with E-state index < -0.39 is 123 Å². The zero-order valence-corrected chi connectivity index (χ0v) is 30.4. The number of esters is 2. The molecule has 3 heterocycles. The summed E-state index contributed by atoms with van der Waals surface area (Å²) in [7, 11) is 2.51. The van der Waals surface area contributed by atoms with Gasteiger partial charge in [-0.05, 0) is 12.1 Å². The zero-order chi connectivity index (χ0) is 42.6. The van der Waals surface area contributed by atoms with Crippen LogP contribution < -0.4 is 14.2 Å². The van der Waals surface area contributed by atoms with Crippen LogP contribution >= 0.6 is 0 Å². The molecule has 2 aromatic rings. The van der Waals surface area contributed by atoms with Crippen LogP contribution in [-0.4, -0.2) is 169 Å². The van der Waals surface area contributed by atoms with Crippen LogP contribution in [0.1, 0.15) is 30.1 Å². The maximum atomic E-state index is 11.8. The molecule has 0 saturated carbocycles. The Balaban J connectivity index is 1.46. The monoisotopic (exact) mass is 829 g/mol. The second-order valence-corrected chi connectivity index (χ2v) is 13.0. The maximum absolute atomic E-state index is 11.8. The summed E-state index contributed by atoms with van der Waals surface area (Å²) in [5, 5.41) is 103. The van der Waals surface area contributed by atoms with Crippen molar-refractivity contribution in [1.82, 2.24) is 0 Å². The fourth-order valence-corrected chi connectivity index (χ4v) is 6.02. The second kappa shape index (κ2) is 18.3. The maximum Gasteiger partial charge on any atom is 0.317 e. The Morgan fingerprint density at radius 2 is 1.16 bits per heavy atom. The van der Waals surface area contributed by atoms with E-state index in [-0.39, 0.29) is 45.6 Å². The number of methoxy groups -OCH3 is 2. The third kappa shape index (κ3) is 9.71. The van der Waals surface area contributed by atoms with Gasteiger partial charge in [0, 0.05) is 12.1 Å². The molecule has 11 N–H and O–H groups in total. The topological polar surface area (TPSA) is 357 Å². The van der Waals surface area contributed by atoms with Crippen molar-refractivity contribution in [1.29, 1.82) is 0 Å². The van der Waals surface area contributed by atoms with E-state index in [1.54, 1.807) is 0 Å². The molecule has 11 atom stereocenters. The molecule has 0 aliphatic carbocycles. The van der Waals surface area contributed by atoms with Crippen LogP contribution in [0.4, 0.5) is 0 Å². The van der Waals surface area contributed by atoms with E-state index in [0.29, 0.717) is 0 Å². The summed E-state index contributed by atoms with van der Waals surface area (Å²) < 4.78 is 47.8. The summed E-state index contributed by atoms with van der Waals surface area (Å²) in [5.41, 5.74) is 0.160. The van der Waals surface area contributed by atoms with E-state index in [4.69, 9.17) is 48.1 Å².